The average Bonchev–Trinajstić information content (AvgIpc) is 2.86. The molecule has 0 aromatic carbocycles. The number of aromatic nitrogens is 4. The van der Waals surface area contributed by atoms with Crippen LogP contribution in [0.4, 0.5) is 5.82 Å². The summed E-state index contributed by atoms with van der Waals surface area (Å²) in [5.41, 5.74) is 1.98. The molecule has 0 fully saturated rings. The van der Waals surface area contributed by atoms with Crippen molar-refractivity contribution in [2.75, 3.05) is 11.9 Å². The fourth-order valence-electron chi connectivity index (χ4n) is 1.92. The number of anilines is 1. The van der Waals surface area contributed by atoms with Crippen molar-refractivity contribution >= 4 is 21.7 Å². The standard InChI is InChI=1S/C14H20BrN5/c1-4-6-11-12(15)14(16-7-5-2)19-13(18-11)10-8-17-20(3)9-10/h8-9H,4-7H2,1-3H3,(H,16,18,19). The topological polar surface area (TPSA) is 55.6 Å². The summed E-state index contributed by atoms with van der Waals surface area (Å²) in [5, 5.41) is 7.54. The second kappa shape index (κ2) is 6.83. The van der Waals surface area contributed by atoms with Gasteiger partial charge in [-0.1, -0.05) is 20.3 Å². The molecule has 5 nitrogen and oxygen atoms in total. The Balaban J connectivity index is 2.43. The minimum Gasteiger partial charge on any atom is -0.369 e. The van der Waals surface area contributed by atoms with E-state index in [9.17, 15) is 0 Å². The van der Waals surface area contributed by atoms with Crippen LogP contribution in [-0.4, -0.2) is 26.3 Å². The van der Waals surface area contributed by atoms with Crippen molar-refractivity contribution < 1.29 is 0 Å². The maximum absolute atomic E-state index is 4.66. The van der Waals surface area contributed by atoms with Gasteiger partial charge in [0.05, 0.1) is 21.9 Å². The fourth-order valence-corrected chi connectivity index (χ4v) is 2.44. The Morgan fingerprint density at radius 3 is 2.65 bits per heavy atom. The predicted octanol–water partition coefficient (Wildman–Crippen LogP) is 3.41. The van der Waals surface area contributed by atoms with E-state index in [-0.39, 0.29) is 0 Å². The Morgan fingerprint density at radius 2 is 2.05 bits per heavy atom. The third kappa shape index (κ3) is 3.36. The third-order valence-corrected chi connectivity index (χ3v) is 3.75. The van der Waals surface area contributed by atoms with Crippen molar-refractivity contribution in [2.45, 2.75) is 33.1 Å². The van der Waals surface area contributed by atoms with Gasteiger partial charge >= 0.3 is 0 Å². The second-order valence-electron chi connectivity index (χ2n) is 4.74. The number of halogens is 1. The van der Waals surface area contributed by atoms with Crippen LogP contribution in [0.3, 0.4) is 0 Å². The molecule has 2 aromatic heterocycles. The van der Waals surface area contributed by atoms with Gasteiger partial charge in [-0.2, -0.15) is 5.10 Å². The maximum Gasteiger partial charge on any atom is 0.165 e. The highest BCUT2D eigenvalue weighted by molar-refractivity contribution is 9.10. The van der Waals surface area contributed by atoms with Gasteiger partial charge in [0.1, 0.15) is 5.82 Å². The summed E-state index contributed by atoms with van der Waals surface area (Å²) in [6, 6.07) is 0. The summed E-state index contributed by atoms with van der Waals surface area (Å²) >= 11 is 3.62. The molecule has 2 heterocycles. The highest BCUT2D eigenvalue weighted by Crippen LogP contribution is 2.27. The van der Waals surface area contributed by atoms with Crippen LogP contribution in [0, 0.1) is 0 Å². The molecule has 20 heavy (non-hydrogen) atoms. The predicted molar refractivity (Wildman–Crippen MR) is 84.7 cm³/mol. The lowest BCUT2D eigenvalue weighted by molar-refractivity contribution is 0.768. The number of nitrogens with one attached hydrogen (secondary N) is 1. The van der Waals surface area contributed by atoms with Crippen molar-refractivity contribution in [2.24, 2.45) is 7.05 Å². The summed E-state index contributed by atoms with van der Waals surface area (Å²) in [4.78, 5) is 9.28. The van der Waals surface area contributed by atoms with E-state index in [0.29, 0.717) is 0 Å². The van der Waals surface area contributed by atoms with Gasteiger partial charge < -0.3 is 5.32 Å². The van der Waals surface area contributed by atoms with Crippen molar-refractivity contribution in [3.8, 4) is 11.4 Å². The minimum atomic E-state index is 0.725. The van der Waals surface area contributed by atoms with Crippen LogP contribution < -0.4 is 5.32 Å². The fraction of sp³-hybridized carbons (Fsp3) is 0.500. The summed E-state index contributed by atoms with van der Waals surface area (Å²) in [5.74, 6) is 1.59. The molecule has 0 saturated carbocycles. The number of hydrogen-bond acceptors (Lipinski definition) is 4. The third-order valence-electron chi connectivity index (χ3n) is 2.91. The van der Waals surface area contributed by atoms with Gasteiger partial charge in [-0.3, -0.25) is 4.68 Å². The van der Waals surface area contributed by atoms with Crippen LogP contribution in [0.2, 0.25) is 0 Å². The minimum absolute atomic E-state index is 0.725. The van der Waals surface area contributed by atoms with Gasteiger partial charge in [0.15, 0.2) is 5.82 Å². The monoisotopic (exact) mass is 337 g/mol. The van der Waals surface area contributed by atoms with Crippen molar-refractivity contribution in [3.05, 3.63) is 22.6 Å². The molecule has 0 unspecified atom stereocenters. The van der Waals surface area contributed by atoms with E-state index >= 15 is 0 Å². The molecule has 0 saturated heterocycles. The SMILES string of the molecule is CCCNc1nc(-c2cnn(C)c2)nc(CCC)c1Br. The molecule has 6 heteroatoms. The lowest BCUT2D eigenvalue weighted by atomic mass is 10.2. The second-order valence-corrected chi connectivity index (χ2v) is 5.53. The van der Waals surface area contributed by atoms with Crippen LogP contribution in [0.1, 0.15) is 32.4 Å². The van der Waals surface area contributed by atoms with Gasteiger partial charge in [-0.05, 0) is 28.8 Å². The van der Waals surface area contributed by atoms with E-state index in [1.807, 2.05) is 13.2 Å². The molecular weight excluding hydrogens is 318 g/mol. The van der Waals surface area contributed by atoms with E-state index in [1.54, 1.807) is 10.9 Å². The molecule has 0 aliphatic carbocycles. The zero-order valence-electron chi connectivity index (χ0n) is 12.1. The lowest BCUT2D eigenvalue weighted by Crippen LogP contribution is -2.07. The number of nitrogens with zero attached hydrogens (tertiary/aromatic N) is 4. The molecule has 1 N–H and O–H groups in total. The summed E-state index contributed by atoms with van der Waals surface area (Å²) in [6.45, 7) is 5.18. The average molecular weight is 338 g/mol. The van der Waals surface area contributed by atoms with Crippen LogP contribution >= 0.6 is 15.9 Å². The maximum atomic E-state index is 4.66. The first kappa shape index (κ1) is 15.0. The van der Waals surface area contributed by atoms with Gasteiger partial charge in [0, 0.05) is 19.8 Å². The molecule has 0 aliphatic heterocycles. The largest absolute Gasteiger partial charge is 0.369 e. The zero-order chi connectivity index (χ0) is 14.5. The summed E-state index contributed by atoms with van der Waals surface area (Å²) < 4.78 is 2.74. The van der Waals surface area contributed by atoms with Gasteiger partial charge in [-0.15, -0.1) is 0 Å². The quantitative estimate of drug-likeness (QED) is 0.877. The number of hydrogen-bond donors (Lipinski definition) is 1. The Kier molecular flexibility index (Phi) is 5.11. The smallest absolute Gasteiger partial charge is 0.165 e. The molecular formula is C14H20BrN5. The van der Waals surface area contributed by atoms with Crippen LogP contribution in [0.5, 0.6) is 0 Å². The van der Waals surface area contributed by atoms with Gasteiger partial charge in [0.25, 0.3) is 0 Å². The molecule has 0 spiro atoms. The molecule has 2 rings (SSSR count). The first-order chi connectivity index (χ1) is 9.65. The van der Waals surface area contributed by atoms with E-state index in [2.05, 4.69) is 50.2 Å². The Morgan fingerprint density at radius 1 is 1.25 bits per heavy atom. The Hall–Kier alpha value is -1.43. The molecule has 2 aromatic rings. The van der Waals surface area contributed by atoms with E-state index < -0.39 is 0 Å². The van der Waals surface area contributed by atoms with Crippen LogP contribution in [0.15, 0.2) is 16.9 Å². The number of rotatable bonds is 6. The Labute approximate surface area is 128 Å². The number of aryl methyl sites for hydroxylation is 2. The molecule has 0 bridgehead atoms. The van der Waals surface area contributed by atoms with E-state index in [4.69, 9.17) is 0 Å². The molecule has 0 aliphatic rings. The first-order valence-electron chi connectivity index (χ1n) is 6.95. The van der Waals surface area contributed by atoms with Crippen LogP contribution in [0.25, 0.3) is 11.4 Å². The highest BCUT2D eigenvalue weighted by Gasteiger charge is 2.13. The van der Waals surface area contributed by atoms with Crippen molar-refractivity contribution in [1.82, 2.24) is 19.7 Å². The highest BCUT2D eigenvalue weighted by atomic mass is 79.9. The zero-order valence-corrected chi connectivity index (χ0v) is 13.7. The summed E-state index contributed by atoms with van der Waals surface area (Å²) in [6.07, 6.45) is 6.76. The molecule has 0 atom stereocenters. The first-order valence-corrected chi connectivity index (χ1v) is 7.74. The Bertz CT molecular complexity index is 579. The normalized spacial score (nSPS) is 10.8. The van der Waals surface area contributed by atoms with Crippen LogP contribution in [-0.2, 0) is 13.5 Å². The summed E-state index contributed by atoms with van der Waals surface area (Å²) in [7, 11) is 1.89. The lowest BCUT2D eigenvalue weighted by Gasteiger charge is -2.11. The van der Waals surface area contributed by atoms with Gasteiger partial charge in [-0.25, -0.2) is 9.97 Å². The molecule has 0 amide bonds. The van der Waals surface area contributed by atoms with Gasteiger partial charge in [0.2, 0.25) is 0 Å². The molecule has 108 valence electrons. The van der Waals surface area contributed by atoms with E-state index in [1.165, 1.54) is 0 Å². The van der Waals surface area contributed by atoms with Crippen molar-refractivity contribution in [1.29, 1.82) is 0 Å². The van der Waals surface area contributed by atoms with Crippen molar-refractivity contribution in [3.63, 3.8) is 0 Å². The molecule has 0 radical (unpaired) electrons. The van der Waals surface area contributed by atoms with E-state index in [0.717, 1.165) is 53.2 Å².